The van der Waals surface area contributed by atoms with Crippen molar-refractivity contribution < 1.29 is 9.90 Å². The number of aliphatic hydroxyl groups excluding tert-OH is 1. The SMILES string of the molecule is CC(C)[C@H](C(=O)N1CCN(C[C@H](C)O)CC1)N1CCCC1. The third-order valence-corrected chi connectivity index (χ3v) is 4.62. The summed E-state index contributed by atoms with van der Waals surface area (Å²) in [6.07, 6.45) is 2.15. The molecule has 0 unspecified atom stereocenters. The minimum Gasteiger partial charge on any atom is -0.392 e. The van der Waals surface area contributed by atoms with Gasteiger partial charge in [0, 0.05) is 32.7 Å². The Kier molecular flexibility index (Phi) is 6.02. The van der Waals surface area contributed by atoms with Crippen molar-refractivity contribution in [1.29, 1.82) is 0 Å². The maximum absolute atomic E-state index is 12.9. The number of carbonyl (C=O) groups is 1. The van der Waals surface area contributed by atoms with Crippen LogP contribution in [0, 0.1) is 5.92 Å². The van der Waals surface area contributed by atoms with Gasteiger partial charge in [-0.25, -0.2) is 0 Å². The lowest BCUT2D eigenvalue weighted by atomic mass is 10.0. The van der Waals surface area contributed by atoms with Crippen molar-refractivity contribution in [3.8, 4) is 0 Å². The maximum Gasteiger partial charge on any atom is 0.240 e. The Morgan fingerprint density at radius 3 is 2.05 bits per heavy atom. The lowest BCUT2D eigenvalue weighted by molar-refractivity contribution is -0.140. The summed E-state index contributed by atoms with van der Waals surface area (Å²) in [5, 5.41) is 9.46. The second-order valence-corrected chi connectivity index (χ2v) is 6.91. The fourth-order valence-electron chi connectivity index (χ4n) is 3.59. The maximum atomic E-state index is 12.9. The highest BCUT2D eigenvalue weighted by Crippen LogP contribution is 2.20. The van der Waals surface area contributed by atoms with Gasteiger partial charge < -0.3 is 10.0 Å². The van der Waals surface area contributed by atoms with Crippen LogP contribution in [0.4, 0.5) is 0 Å². The summed E-state index contributed by atoms with van der Waals surface area (Å²) in [5.74, 6) is 0.676. The summed E-state index contributed by atoms with van der Waals surface area (Å²) in [5.41, 5.74) is 0. The van der Waals surface area contributed by atoms with E-state index in [2.05, 4.69) is 23.6 Å². The van der Waals surface area contributed by atoms with E-state index in [1.807, 2.05) is 11.8 Å². The van der Waals surface area contributed by atoms with Gasteiger partial charge in [0.2, 0.25) is 5.91 Å². The average molecular weight is 297 g/mol. The number of likely N-dealkylation sites (tertiary alicyclic amines) is 1. The average Bonchev–Trinajstić information content (AvgIpc) is 2.92. The molecule has 21 heavy (non-hydrogen) atoms. The molecule has 2 heterocycles. The summed E-state index contributed by atoms with van der Waals surface area (Å²) in [7, 11) is 0. The Hall–Kier alpha value is -0.650. The Morgan fingerprint density at radius 2 is 1.57 bits per heavy atom. The molecule has 0 bridgehead atoms. The number of nitrogens with zero attached hydrogens (tertiary/aromatic N) is 3. The van der Waals surface area contributed by atoms with Crippen LogP contribution in [0.3, 0.4) is 0 Å². The fourth-order valence-corrected chi connectivity index (χ4v) is 3.59. The number of carbonyl (C=O) groups excluding carboxylic acids is 1. The lowest BCUT2D eigenvalue weighted by Crippen LogP contribution is -2.56. The second-order valence-electron chi connectivity index (χ2n) is 6.91. The largest absolute Gasteiger partial charge is 0.392 e. The van der Waals surface area contributed by atoms with Gasteiger partial charge in [-0.2, -0.15) is 0 Å². The molecule has 122 valence electrons. The zero-order valence-corrected chi connectivity index (χ0v) is 13.8. The van der Waals surface area contributed by atoms with Gasteiger partial charge in [-0.1, -0.05) is 13.8 Å². The minimum atomic E-state index is -0.291. The highest BCUT2D eigenvalue weighted by Gasteiger charge is 2.34. The molecule has 0 radical (unpaired) electrons. The Labute approximate surface area is 128 Å². The lowest BCUT2D eigenvalue weighted by Gasteiger charge is -2.39. The molecular weight excluding hydrogens is 266 g/mol. The van der Waals surface area contributed by atoms with E-state index in [0.29, 0.717) is 18.4 Å². The third-order valence-electron chi connectivity index (χ3n) is 4.62. The highest BCUT2D eigenvalue weighted by molar-refractivity contribution is 5.82. The van der Waals surface area contributed by atoms with E-state index in [4.69, 9.17) is 0 Å². The van der Waals surface area contributed by atoms with E-state index in [1.165, 1.54) is 12.8 Å². The number of aliphatic hydroxyl groups is 1. The van der Waals surface area contributed by atoms with E-state index in [-0.39, 0.29) is 12.1 Å². The van der Waals surface area contributed by atoms with E-state index >= 15 is 0 Å². The normalized spacial score (nSPS) is 24.5. The standard InChI is InChI=1S/C16H31N3O2/c1-13(2)15(18-6-4-5-7-18)16(21)19-10-8-17(9-11-19)12-14(3)20/h13-15,20H,4-12H2,1-3H3/t14-,15+/m0/s1. The highest BCUT2D eigenvalue weighted by atomic mass is 16.3. The topological polar surface area (TPSA) is 47.0 Å². The van der Waals surface area contributed by atoms with Crippen molar-refractivity contribution in [2.45, 2.75) is 45.8 Å². The first kappa shape index (κ1) is 16.7. The van der Waals surface area contributed by atoms with Crippen LogP contribution in [0.1, 0.15) is 33.6 Å². The van der Waals surface area contributed by atoms with E-state index < -0.39 is 0 Å². The molecule has 0 spiro atoms. The van der Waals surface area contributed by atoms with Crippen LogP contribution >= 0.6 is 0 Å². The van der Waals surface area contributed by atoms with Gasteiger partial charge in [0.1, 0.15) is 0 Å². The van der Waals surface area contributed by atoms with Gasteiger partial charge in [-0.05, 0) is 38.8 Å². The van der Waals surface area contributed by atoms with Crippen LogP contribution in [0.5, 0.6) is 0 Å². The first-order valence-corrected chi connectivity index (χ1v) is 8.42. The monoisotopic (exact) mass is 297 g/mol. The molecule has 5 heteroatoms. The summed E-state index contributed by atoms with van der Waals surface area (Å²) in [6, 6.07) is 0.0517. The van der Waals surface area contributed by atoms with Crippen LogP contribution < -0.4 is 0 Å². The van der Waals surface area contributed by atoms with Gasteiger partial charge in [-0.15, -0.1) is 0 Å². The van der Waals surface area contributed by atoms with Gasteiger partial charge in [-0.3, -0.25) is 14.6 Å². The van der Waals surface area contributed by atoms with Gasteiger partial charge in [0.15, 0.2) is 0 Å². The number of piperazine rings is 1. The van der Waals surface area contributed by atoms with Gasteiger partial charge >= 0.3 is 0 Å². The zero-order valence-electron chi connectivity index (χ0n) is 13.8. The van der Waals surface area contributed by atoms with E-state index in [9.17, 15) is 9.90 Å². The van der Waals surface area contributed by atoms with Crippen LogP contribution in [-0.2, 0) is 4.79 Å². The summed E-state index contributed by atoms with van der Waals surface area (Å²) in [4.78, 5) is 19.5. The number of hydrogen-bond donors (Lipinski definition) is 1. The molecule has 2 saturated heterocycles. The summed E-state index contributed by atoms with van der Waals surface area (Å²) in [6.45, 7) is 12.3. The van der Waals surface area contributed by atoms with Crippen molar-refractivity contribution in [2.24, 2.45) is 5.92 Å². The summed E-state index contributed by atoms with van der Waals surface area (Å²) < 4.78 is 0. The Balaban J connectivity index is 1.90. The van der Waals surface area contributed by atoms with Crippen molar-refractivity contribution in [1.82, 2.24) is 14.7 Å². The molecule has 1 N–H and O–H groups in total. The molecule has 0 aromatic heterocycles. The van der Waals surface area contributed by atoms with Crippen LogP contribution in [0.2, 0.25) is 0 Å². The Morgan fingerprint density at radius 1 is 1.00 bits per heavy atom. The van der Waals surface area contributed by atoms with Crippen molar-refractivity contribution >= 4 is 5.91 Å². The van der Waals surface area contributed by atoms with Crippen molar-refractivity contribution in [2.75, 3.05) is 45.8 Å². The van der Waals surface area contributed by atoms with Crippen molar-refractivity contribution in [3.63, 3.8) is 0 Å². The van der Waals surface area contributed by atoms with Crippen LogP contribution in [0.25, 0.3) is 0 Å². The number of rotatable bonds is 5. The molecule has 2 aliphatic heterocycles. The van der Waals surface area contributed by atoms with Gasteiger partial charge in [0.25, 0.3) is 0 Å². The number of amides is 1. The first-order chi connectivity index (χ1) is 9.99. The molecule has 0 aromatic rings. The molecule has 2 fully saturated rings. The molecule has 0 aromatic carbocycles. The Bertz CT molecular complexity index is 332. The predicted octanol–water partition coefficient (Wildman–Crippen LogP) is 0.632. The zero-order chi connectivity index (χ0) is 15.4. The second kappa shape index (κ2) is 7.56. The van der Waals surface area contributed by atoms with Crippen LogP contribution in [-0.4, -0.2) is 83.7 Å². The quantitative estimate of drug-likeness (QED) is 0.809. The summed E-state index contributed by atoms with van der Waals surface area (Å²) >= 11 is 0. The molecule has 5 nitrogen and oxygen atoms in total. The molecular formula is C16H31N3O2. The molecule has 2 rings (SSSR count). The molecule has 0 aliphatic carbocycles. The minimum absolute atomic E-state index is 0.0517. The predicted molar refractivity (Wildman–Crippen MR) is 84.1 cm³/mol. The number of hydrogen-bond acceptors (Lipinski definition) is 4. The van der Waals surface area contributed by atoms with E-state index in [1.54, 1.807) is 0 Å². The van der Waals surface area contributed by atoms with E-state index in [0.717, 1.165) is 39.3 Å². The molecule has 0 saturated carbocycles. The first-order valence-electron chi connectivity index (χ1n) is 8.42. The van der Waals surface area contributed by atoms with Crippen LogP contribution in [0.15, 0.2) is 0 Å². The van der Waals surface area contributed by atoms with Crippen molar-refractivity contribution in [3.05, 3.63) is 0 Å². The number of β-amino-alcohol motifs (C(OH)–C–C–N with tert-alkyl or cyclic N) is 1. The molecule has 2 aliphatic rings. The van der Waals surface area contributed by atoms with Gasteiger partial charge in [0.05, 0.1) is 12.1 Å². The molecule has 2 atom stereocenters. The fraction of sp³-hybridized carbons (Fsp3) is 0.938. The molecule has 1 amide bonds. The smallest absolute Gasteiger partial charge is 0.240 e. The third kappa shape index (κ3) is 4.41.